The van der Waals surface area contributed by atoms with Gasteiger partial charge in [-0.2, -0.15) is 0 Å². The fourth-order valence-electron chi connectivity index (χ4n) is 1.62. The molecule has 0 aliphatic heterocycles. The number of carbonyl (C=O) groups is 1. The van der Waals surface area contributed by atoms with Crippen molar-refractivity contribution in [1.29, 1.82) is 0 Å². The van der Waals surface area contributed by atoms with Gasteiger partial charge in [0.2, 0.25) is 0 Å². The lowest BCUT2D eigenvalue weighted by Crippen LogP contribution is -2.24. The minimum Gasteiger partial charge on any atom is -0.503 e. The maximum atomic E-state index is 12.0. The van der Waals surface area contributed by atoms with E-state index >= 15 is 0 Å². The van der Waals surface area contributed by atoms with Crippen molar-refractivity contribution < 1.29 is 14.6 Å². The lowest BCUT2D eigenvalue weighted by Gasteiger charge is -2.07. The molecule has 0 fully saturated rings. The summed E-state index contributed by atoms with van der Waals surface area (Å²) in [6, 6.07) is 1.50. The number of pyridine rings is 1. The van der Waals surface area contributed by atoms with Crippen LogP contribution in [-0.2, 0) is 0 Å². The topological polar surface area (TPSA) is 71.5 Å². The van der Waals surface area contributed by atoms with Crippen molar-refractivity contribution in [1.82, 2.24) is 10.3 Å². The molecule has 0 saturated heterocycles. The van der Waals surface area contributed by atoms with Crippen LogP contribution in [0.25, 0.3) is 0 Å². The zero-order chi connectivity index (χ0) is 15.8. The molecule has 1 heterocycles. The van der Waals surface area contributed by atoms with E-state index < -0.39 is 5.91 Å². The molecule has 114 valence electrons. The highest BCUT2D eigenvalue weighted by molar-refractivity contribution is 5.95. The van der Waals surface area contributed by atoms with Gasteiger partial charge in [0, 0.05) is 18.8 Å². The van der Waals surface area contributed by atoms with E-state index in [2.05, 4.69) is 16.4 Å². The molecule has 1 aromatic rings. The fraction of sp³-hybridized carbons (Fsp3) is 0.375. The van der Waals surface area contributed by atoms with Crippen LogP contribution < -0.4 is 10.1 Å². The maximum absolute atomic E-state index is 12.0. The number of carbonyl (C=O) groups excluding carboxylic acids is 1. The normalized spacial score (nSPS) is 11.0. The molecule has 21 heavy (non-hydrogen) atoms. The van der Waals surface area contributed by atoms with Crippen LogP contribution in [-0.4, -0.2) is 29.7 Å². The summed E-state index contributed by atoms with van der Waals surface area (Å²) in [7, 11) is 1.42. The Hall–Kier alpha value is -2.30. The lowest BCUT2D eigenvalue weighted by molar-refractivity contribution is 0.0949. The Bertz CT molecular complexity index is 559. The predicted molar refractivity (Wildman–Crippen MR) is 82.6 cm³/mol. The van der Waals surface area contributed by atoms with Crippen LogP contribution in [0.15, 0.2) is 35.6 Å². The van der Waals surface area contributed by atoms with Gasteiger partial charge in [0.15, 0.2) is 17.2 Å². The van der Waals surface area contributed by atoms with E-state index in [1.165, 1.54) is 30.5 Å². The van der Waals surface area contributed by atoms with Gasteiger partial charge in [0.05, 0.1) is 7.11 Å². The molecule has 0 radical (unpaired) electrons. The molecule has 5 heteroatoms. The number of hydrogen-bond donors (Lipinski definition) is 2. The average Bonchev–Trinajstić information content (AvgIpc) is 2.45. The maximum Gasteiger partial charge on any atom is 0.274 e. The fourth-order valence-corrected chi connectivity index (χ4v) is 1.62. The van der Waals surface area contributed by atoms with Crippen molar-refractivity contribution in [2.24, 2.45) is 0 Å². The summed E-state index contributed by atoms with van der Waals surface area (Å²) in [5.74, 6) is -0.453. The second kappa shape index (κ2) is 8.09. The van der Waals surface area contributed by atoms with E-state index in [0.29, 0.717) is 6.54 Å². The molecular formula is C16H22N2O3. The number of aromatic nitrogens is 1. The first-order valence-electron chi connectivity index (χ1n) is 6.74. The Morgan fingerprint density at radius 2 is 2.10 bits per heavy atom. The second-order valence-electron chi connectivity index (χ2n) is 4.96. The van der Waals surface area contributed by atoms with Gasteiger partial charge in [0.25, 0.3) is 5.91 Å². The van der Waals surface area contributed by atoms with Crippen molar-refractivity contribution in [3.63, 3.8) is 0 Å². The predicted octanol–water partition coefficient (Wildman–Crippen LogP) is 2.83. The molecule has 0 aliphatic rings. The van der Waals surface area contributed by atoms with E-state index in [9.17, 15) is 9.90 Å². The number of nitrogens with one attached hydrogen (secondary N) is 1. The Morgan fingerprint density at radius 3 is 2.71 bits per heavy atom. The number of ether oxygens (including phenoxy) is 1. The third kappa shape index (κ3) is 5.30. The molecule has 0 saturated carbocycles. The molecule has 0 spiro atoms. The number of methoxy groups -OCH3 is 1. The first kappa shape index (κ1) is 16.8. The molecule has 0 aliphatic carbocycles. The summed E-state index contributed by atoms with van der Waals surface area (Å²) < 4.78 is 4.94. The van der Waals surface area contributed by atoms with Crippen molar-refractivity contribution in [3.8, 4) is 11.5 Å². The number of hydrogen-bond acceptors (Lipinski definition) is 4. The van der Waals surface area contributed by atoms with Gasteiger partial charge in [-0.15, -0.1) is 0 Å². The zero-order valence-corrected chi connectivity index (χ0v) is 12.9. The van der Waals surface area contributed by atoms with Gasteiger partial charge in [-0.05, 0) is 27.2 Å². The molecule has 0 aromatic carbocycles. The molecule has 1 rings (SSSR count). The van der Waals surface area contributed by atoms with Crippen LogP contribution >= 0.6 is 0 Å². The third-order valence-corrected chi connectivity index (χ3v) is 2.87. The van der Waals surface area contributed by atoms with Gasteiger partial charge in [-0.25, -0.2) is 4.98 Å². The second-order valence-corrected chi connectivity index (χ2v) is 4.96. The van der Waals surface area contributed by atoms with Crippen LogP contribution in [0.1, 0.15) is 37.7 Å². The minimum absolute atomic E-state index is 0.0373. The van der Waals surface area contributed by atoms with Crippen molar-refractivity contribution in [2.45, 2.75) is 27.2 Å². The Labute approximate surface area is 125 Å². The quantitative estimate of drug-likeness (QED) is 0.790. The van der Waals surface area contributed by atoms with Gasteiger partial charge in [-0.3, -0.25) is 4.79 Å². The monoisotopic (exact) mass is 290 g/mol. The third-order valence-electron chi connectivity index (χ3n) is 2.87. The molecular weight excluding hydrogens is 268 g/mol. The van der Waals surface area contributed by atoms with Crippen LogP contribution in [0.5, 0.6) is 11.5 Å². The zero-order valence-electron chi connectivity index (χ0n) is 12.9. The number of rotatable bonds is 6. The number of amides is 1. The van der Waals surface area contributed by atoms with Crippen molar-refractivity contribution >= 4 is 5.91 Å². The smallest absolute Gasteiger partial charge is 0.274 e. The van der Waals surface area contributed by atoms with Gasteiger partial charge in [-0.1, -0.05) is 23.3 Å². The van der Waals surface area contributed by atoms with Gasteiger partial charge >= 0.3 is 0 Å². The molecule has 2 N–H and O–H groups in total. The summed E-state index contributed by atoms with van der Waals surface area (Å²) in [6.07, 6.45) is 6.35. The number of aromatic hydroxyl groups is 1. The van der Waals surface area contributed by atoms with E-state index in [-0.39, 0.29) is 17.2 Å². The van der Waals surface area contributed by atoms with Crippen LogP contribution in [0.4, 0.5) is 0 Å². The number of nitrogens with zero attached hydrogens (tertiary/aromatic N) is 1. The highest BCUT2D eigenvalue weighted by atomic mass is 16.5. The van der Waals surface area contributed by atoms with E-state index in [1.54, 1.807) is 0 Å². The summed E-state index contributed by atoms with van der Waals surface area (Å²) in [4.78, 5) is 15.8. The Kier molecular flexibility index (Phi) is 6.46. The summed E-state index contributed by atoms with van der Waals surface area (Å²) >= 11 is 0. The highest BCUT2D eigenvalue weighted by Crippen LogP contribution is 2.27. The standard InChI is InChI=1S/C16H22N2O3/c1-11(2)5-6-12(3)7-9-18-16(20)14-15(19)13(21-4)8-10-17-14/h5,7-8,10,19H,6,9H2,1-4H3,(H,18,20)/b12-7+. The molecule has 1 aromatic heterocycles. The lowest BCUT2D eigenvalue weighted by atomic mass is 10.1. The van der Waals surface area contributed by atoms with E-state index in [4.69, 9.17) is 4.74 Å². The minimum atomic E-state index is -0.433. The molecule has 0 bridgehead atoms. The van der Waals surface area contributed by atoms with Crippen LogP contribution in [0, 0.1) is 0 Å². The van der Waals surface area contributed by atoms with Gasteiger partial charge in [0.1, 0.15) is 0 Å². The molecule has 1 amide bonds. The van der Waals surface area contributed by atoms with E-state index in [1.807, 2.05) is 26.8 Å². The highest BCUT2D eigenvalue weighted by Gasteiger charge is 2.15. The summed E-state index contributed by atoms with van der Waals surface area (Å²) in [5.41, 5.74) is 2.39. The van der Waals surface area contributed by atoms with Crippen molar-refractivity contribution in [2.75, 3.05) is 13.7 Å². The first-order valence-corrected chi connectivity index (χ1v) is 6.74. The summed E-state index contributed by atoms with van der Waals surface area (Å²) in [6.45, 7) is 6.49. The van der Waals surface area contributed by atoms with Crippen molar-refractivity contribution in [3.05, 3.63) is 41.3 Å². The molecule has 5 nitrogen and oxygen atoms in total. The molecule has 0 unspecified atom stereocenters. The Balaban J connectivity index is 2.63. The average molecular weight is 290 g/mol. The van der Waals surface area contributed by atoms with Crippen LogP contribution in [0.2, 0.25) is 0 Å². The first-order chi connectivity index (χ1) is 9.95. The number of allylic oxidation sites excluding steroid dienone is 3. The molecule has 0 atom stereocenters. The Morgan fingerprint density at radius 1 is 1.38 bits per heavy atom. The van der Waals surface area contributed by atoms with E-state index in [0.717, 1.165) is 6.42 Å². The largest absolute Gasteiger partial charge is 0.503 e. The van der Waals surface area contributed by atoms with Gasteiger partial charge < -0.3 is 15.2 Å². The van der Waals surface area contributed by atoms with Crippen LogP contribution in [0.3, 0.4) is 0 Å². The summed E-state index contributed by atoms with van der Waals surface area (Å²) in [5, 5.41) is 12.5. The SMILES string of the molecule is COc1ccnc(C(=O)NC/C=C(\C)CC=C(C)C)c1O.